The molecule has 3 rings (SSSR count). The Morgan fingerprint density at radius 1 is 1.15 bits per heavy atom. The van der Waals surface area contributed by atoms with Gasteiger partial charge in [0.1, 0.15) is 5.82 Å². The third kappa shape index (κ3) is 2.68. The van der Waals surface area contributed by atoms with Gasteiger partial charge in [0.25, 0.3) is 0 Å². The third-order valence-electron chi connectivity index (χ3n) is 3.89. The lowest BCUT2D eigenvalue weighted by molar-refractivity contribution is 0.471. The van der Waals surface area contributed by atoms with Crippen LogP contribution in [0, 0.1) is 12.7 Å². The molecule has 0 aromatic heterocycles. The van der Waals surface area contributed by atoms with Gasteiger partial charge in [-0.05, 0) is 30.2 Å². The summed E-state index contributed by atoms with van der Waals surface area (Å²) in [7, 11) is 0. The van der Waals surface area contributed by atoms with Crippen LogP contribution in [0.1, 0.15) is 17.2 Å². The summed E-state index contributed by atoms with van der Waals surface area (Å²) in [5.41, 5.74) is 3.42. The monoisotopic (exact) mass is 270 g/mol. The van der Waals surface area contributed by atoms with E-state index in [4.69, 9.17) is 0 Å². The minimum absolute atomic E-state index is 0.166. The summed E-state index contributed by atoms with van der Waals surface area (Å²) in [5.74, 6) is -0.166. The van der Waals surface area contributed by atoms with Gasteiger partial charge in [-0.2, -0.15) is 0 Å². The molecule has 1 N–H and O–H groups in total. The van der Waals surface area contributed by atoms with Gasteiger partial charge in [0.15, 0.2) is 0 Å². The number of rotatable bonds is 2. The summed E-state index contributed by atoms with van der Waals surface area (Å²) in [6, 6.07) is 15.7. The van der Waals surface area contributed by atoms with Crippen molar-refractivity contribution in [2.45, 2.75) is 13.0 Å². The molecule has 0 saturated carbocycles. The molecule has 3 heteroatoms. The number of anilines is 1. The van der Waals surface area contributed by atoms with Gasteiger partial charge >= 0.3 is 0 Å². The number of nitrogens with one attached hydrogen (secondary N) is 1. The van der Waals surface area contributed by atoms with E-state index in [1.165, 1.54) is 11.6 Å². The van der Waals surface area contributed by atoms with Crippen molar-refractivity contribution in [2.75, 3.05) is 24.5 Å². The van der Waals surface area contributed by atoms with E-state index in [1.54, 1.807) is 6.07 Å². The topological polar surface area (TPSA) is 15.3 Å². The summed E-state index contributed by atoms with van der Waals surface area (Å²) in [6.07, 6.45) is 0. The average molecular weight is 270 g/mol. The molecular weight excluding hydrogens is 251 g/mol. The van der Waals surface area contributed by atoms with Crippen LogP contribution < -0.4 is 10.2 Å². The lowest BCUT2D eigenvalue weighted by Crippen LogP contribution is -2.46. The summed E-state index contributed by atoms with van der Waals surface area (Å²) in [5, 5.41) is 3.53. The second kappa shape index (κ2) is 5.63. The minimum Gasteiger partial charge on any atom is -0.368 e. The smallest absolute Gasteiger partial charge is 0.125 e. The van der Waals surface area contributed by atoms with Gasteiger partial charge in [0.05, 0.1) is 0 Å². The molecular formula is C17H19FN2. The maximum absolute atomic E-state index is 13.5. The van der Waals surface area contributed by atoms with Gasteiger partial charge in [-0.15, -0.1) is 0 Å². The van der Waals surface area contributed by atoms with E-state index in [2.05, 4.69) is 34.5 Å². The molecule has 0 aliphatic carbocycles. The van der Waals surface area contributed by atoms with Crippen molar-refractivity contribution in [1.82, 2.24) is 5.32 Å². The van der Waals surface area contributed by atoms with E-state index in [0.29, 0.717) is 6.04 Å². The van der Waals surface area contributed by atoms with Crippen LogP contribution in [0.25, 0.3) is 0 Å². The Balaban J connectivity index is 1.83. The van der Waals surface area contributed by atoms with Crippen molar-refractivity contribution >= 4 is 5.69 Å². The van der Waals surface area contributed by atoms with Crippen LogP contribution in [0.4, 0.5) is 10.1 Å². The normalized spacial score (nSPS) is 19.1. The molecule has 0 radical (unpaired) electrons. The second-order valence-corrected chi connectivity index (χ2v) is 5.29. The lowest BCUT2D eigenvalue weighted by atomic mass is 10.0. The number of hydrogen-bond acceptors (Lipinski definition) is 2. The summed E-state index contributed by atoms with van der Waals surface area (Å²) in [4.78, 5) is 2.27. The second-order valence-electron chi connectivity index (χ2n) is 5.29. The van der Waals surface area contributed by atoms with E-state index in [0.717, 1.165) is 30.9 Å². The maximum Gasteiger partial charge on any atom is 0.125 e. The van der Waals surface area contributed by atoms with E-state index in [-0.39, 0.29) is 5.82 Å². The van der Waals surface area contributed by atoms with Crippen LogP contribution in [0.15, 0.2) is 48.5 Å². The molecule has 1 aliphatic rings. The molecule has 20 heavy (non-hydrogen) atoms. The fraction of sp³-hybridized carbons (Fsp3) is 0.294. The fourth-order valence-corrected chi connectivity index (χ4v) is 2.80. The Morgan fingerprint density at radius 2 is 1.95 bits per heavy atom. The van der Waals surface area contributed by atoms with Crippen molar-refractivity contribution in [1.29, 1.82) is 0 Å². The van der Waals surface area contributed by atoms with Gasteiger partial charge in [-0.25, -0.2) is 4.39 Å². The largest absolute Gasteiger partial charge is 0.368 e. The molecule has 1 saturated heterocycles. The first-order valence-electron chi connectivity index (χ1n) is 7.03. The number of nitrogens with zero attached hydrogens (tertiary/aromatic N) is 1. The molecule has 2 aromatic carbocycles. The number of piperazine rings is 1. The zero-order chi connectivity index (χ0) is 13.9. The highest BCUT2D eigenvalue weighted by molar-refractivity contribution is 5.54. The van der Waals surface area contributed by atoms with Gasteiger partial charge in [0, 0.05) is 31.4 Å². The van der Waals surface area contributed by atoms with Crippen LogP contribution in [-0.2, 0) is 0 Å². The van der Waals surface area contributed by atoms with E-state index < -0.39 is 0 Å². The quantitative estimate of drug-likeness (QED) is 0.901. The summed E-state index contributed by atoms with van der Waals surface area (Å²) >= 11 is 0. The molecule has 104 valence electrons. The maximum atomic E-state index is 13.5. The van der Waals surface area contributed by atoms with Gasteiger partial charge < -0.3 is 10.2 Å². The summed E-state index contributed by atoms with van der Waals surface area (Å²) < 4.78 is 13.5. The van der Waals surface area contributed by atoms with Crippen molar-refractivity contribution < 1.29 is 4.39 Å². The zero-order valence-corrected chi connectivity index (χ0v) is 11.6. The van der Waals surface area contributed by atoms with Crippen molar-refractivity contribution in [2.24, 2.45) is 0 Å². The Kier molecular flexibility index (Phi) is 3.70. The molecule has 2 aromatic rings. The fourth-order valence-electron chi connectivity index (χ4n) is 2.80. The van der Waals surface area contributed by atoms with Gasteiger partial charge in [-0.1, -0.05) is 36.4 Å². The summed E-state index contributed by atoms with van der Waals surface area (Å²) in [6.45, 7) is 4.73. The van der Waals surface area contributed by atoms with Gasteiger partial charge in [0.2, 0.25) is 0 Å². The highest BCUT2D eigenvalue weighted by Gasteiger charge is 2.21. The van der Waals surface area contributed by atoms with Gasteiger partial charge in [-0.3, -0.25) is 0 Å². The Labute approximate surface area is 119 Å². The molecule has 1 fully saturated rings. The SMILES string of the molecule is Cc1ccc(F)cc1N1CCNC(c2ccccc2)C1. The molecule has 0 spiro atoms. The van der Waals surface area contributed by atoms with E-state index >= 15 is 0 Å². The first-order valence-corrected chi connectivity index (χ1v) is 7.03. The zero-order valence-electron chi connectivity index (χ0n) is 11.6. The van der Waals surface area contributed by atoms with Crippen molar-refractivity contribution in [3.63, 3.8) is 0 Å². The van der Waals surface area contributed by atoms with E-state index in [9.17, 15) is 4.39 Å². The Morgan fingerprint density at radius 3 is 2.75 bits per heavy atom. The third-order valence-corrected chi connectivity index (χ3v) is 3.89. The Hall–Kier alpha value is -1.87. The number of aryl methyl sites for hydroxylation is 1. The molecule has 1 heterocycles. The lowest BCUT2D eigenvalue weighted by Gasteiger charge is -2.36. The predicted octanol–water partition coefficient (Wildman–Crippen LogP) is 3.29. The van der Waals surface area contributed by atoms with Crippen molar-refractivity contribution in [3.8, 4) is 0 Å². The molecule has 1 unspecified atom stereocenters. The van der Waals surface area contributed by atoms with Crippen molar-refractivity contribution in [3.05, 3.63) is 65.5 Å². The van der Waals surface area contributed by atoms with Crippen LogP contribution in [-0.4, -0.2) is 19.6 Å². The highest BCUT2D eigenvalue weighted by atomic mass is 19.1. The molecule has 1 atom stereocenters. The van der Waals surface area contributed by atoms with E-state index in [1.807, 2.05) is 19.1 Å². The molecule has 0 bridgehead atoms. The number of hydrogen-bond donors (Lipinski definition) is 1. The minimum atomic E-state index is -0.166. The first-order chi connectivity index (χ1) is 9.74. The highest BCUT2D eigenvalue weighted by Crippen LogP contribution is 2.26. The Bertz CT molecular complexity index is 583. The van der Waals surface area contributed by atoms with Crippen LogP contribution in [0.2, 0.25) is 0 Å². The average Bonchev–Trinajstić information content (AvgIpc) is 2.51. The first kappa shape index (κ1) is 13.1. The molecule has 1 aliphatic heterocycles. The van der Waals surface area contributed by atoms with Crippen LogP contribution in [0.5, 0.6) is 0 Å². The van der Waals surface area contributed by atoms with Crippen LogP contribution in [0.3, 0.4) is 0 Å². The number of halogens is 1. The number of benzene rings is 2. The standard InChI is InChI=1S/C17H19FN2/c1-13-7-8-15(18)11-17(13)20-10-9-19-16(12-20)14-5-3-2-4-6-14/h2-8,11,16,19H,9-10,12H2,1H3. The molecule has 2 nitrogen and oxygen atoms in total. The van der Waals surface area contributed by atoms with Crippen LogP contribution >= 0.6 is 0 Å². The predicted molar refractivity (Wildman–Crippen MR) is 80.5 cm³/mol. The molecule has 0 amide bonds.